The van der Waals surface area contributed by atoms with Crippen LogP contribution in [0.15, 0.2) is 11.8 Å². The van der Waals surface area contributed by atoms with Crippen molar-refractivity contribution >= 4 is 22.0 Å². The summed E-state index contributed by atoms with van der Waals surface area (Å²) in [6.07, 6.45) is 3.86. The van der Waals surface area contributed by atoms with E-state index in [1.54, 1.807) is 0 Å². The van der Waals surface area contributed by atoms with Gasteiger partial charge in [0.1, 0.15) is 0 Å². The number of carboxylic acids is 1. The Kier molecular flexibility index (Phi) is 9.01. The first kappa shape index (κ1) is 22.6. The molecule has 1 rings (SSSR count). The molecule has 0 radical (unpaired) electrons. The standard InChI is InChI=1S/C14H23NO6S.Na/c1-14(2)9-10(14)12(16)15-11(13(17)18)7-5-3-4-6-8-22(19,20)21;/h7,10H,3-6,8-9H2,1-2H3,(H,15,16)(H,17,18)(H,19,20,21);/q;+1/p-1/b11-7-;. The van der Waals surface area contributed by atoms with Crippen LogP contribution in [0.3, 0.4) is 0 Å². The third-order valence-electron chi connectivity index (χ3n) is 3.76. The van der Waals surface area contributed by atoms with Crippen molar-refractivity contribution in [2.24, 2.45) is 11.3 Å². The summed E-state index contributed by atoms with van der Waals surface area (Å²) in [4.78, 5) is 22.8. The van der Waals surface area contributed by atoms with Crippen molar-refractivity contribution in [3.8, 4) is 0 Å². The average molecular weight is 355 g/mol. The Balaban J connectivity index is 0.00000484. The Morgan fingerprint density at radius 2 is 1.87 bits per heavy atom. The molecule has 1 atom stereocenters. The number of hydrogen-bond donors (Lipinski definition) is 2. The molecule has 1 unspecified atom stereocenters. The Bertz CT molecular complexity index is 570. The van der Waals surface area contributed by atoms with E-state index < -0.39 is 16.1 Å². The fourth-order valence-electron chi connectivity index (χ4n) is 2.17. The van der Waals surface area contributed by atoms with Gasteiger partial charge in [-0.25, -0.2) is 0 Å². The predicted molar refractivity (Wildman–Crippen MR) is 78.0 cm³/mol. The maximum absolute atomic E-state index is 11.8. The zero-order chi connectivity index (χ0) is 17.0. The van der Waals surface area contributed by atoms with Crippen LogP contribution in [0.2, 0.25) is 0 Å². The van der Waals surface area contributed by atoms with Gasteiger partial charge in [-0.1, -0.05) is 26.3 Å². The zero-order valence-corrected chi connectivity index (χ0v) is 16.6. The summed E-state index contributed by atoms with van der Waals surface area (Å²) < 4.78 is 29.6. The van der Waals surface area contributed by atoms with Crippen molar-refractivity contribution in [3.63, 3.8) is 0 Å². The molecule has 0 heterocycles. The first-order valence-electron chi connectivity index (χ1n) is 7.20. The number of rotatable bonds is 9. The molecule has 0 spiro atoms. The summed E-state index contributed by atoms with van der Waals surface area (Å²) in [5.41, 5.74) is -0.334. The van der Waals surface area contributed by atoms with Crippen LogP contribution in [0.1, 0.15) is 46.0 Å². The minimum absolute atomic E-state index is 0. The monoisotopic (exact) mass is 355 g/mol. The van der Waals surface area contributed by atoms with Crippen LogP contribution in [-0.2, 0) is 19.7 Å². The molecule has 0 bridgehead atoms. The molecule has 1 saturated carbocycles. The molecule has 126 valence electrons. The Morgan fingerprint density at radius 3 is 2.30 bits per heavy atom. The molecule has 0 aromatic heterocycles. The van der Waals surface area contributed by atoms with E-state index in [1.165, 1.54) is 6.08 Å². The van der Waals surface area contributed by atoms with Crippen molar-refractivity contribution in [1.29, 1.82) is 0 Å². The van der Waals surface area contributed by atoms with Gasteiger partial charge in [-0.05, 0) is 31.1 Å². The van der Waals surface area contributed by atoms with Gasteiger partial charge in [0.25, 0.3) is 10.1 Å². The van der Waals surface area contributed by atoms with Crippen molar-refractivity contribution in [3.05, 3.63) is 11.8 Å². The molecule has 23 heavy (non-hydrogen) atoms. The second-order valence-corrected chi connectivity index (χ2v) is 7.85. The third kappa shape index (κ3) is 8.85. The minimum atomic E-state index is -3.95. The van der Waals surface area contributed by atoms with E-state index in [1.807, 2.05) is 13.8 Å². The average Bonchev–Trinajstić information content (AvgIpc) is 2.99. The summed E-state index contributed by atoms with van der Waals surface area (Å²) >= 11 is 0. The topological polar surface area (TPSA) is 124 Å². The normalized spacial score (nSPS) is 19.6. The van der Waals surface area contributed by atoms with E-state index in [0.717, 1.165) is 6.42 Å². The zero-order valence-electron chi connectivity index (χ0n) is 13.8. The van der Waals surface area contributed by atoms with Crippen molar-refractivity contribution in [2.75, 3.05) is 5.75 Å². The van der Waals surface area contributed by atoms with Gasteiger partial charge in [0, 0.05) is 5.92 Å². The smallest absolute Gasteiger partial charge is 0.543 e. The van der Waals surface area contributed by atoms with Gasteiger partial charge < -0.3 is 15.2 Å². The van der Waals surface area contributed by atoms with Gasteiger partial charge in [-0.3, -0.25) is 9.35 Å². The number of amides is 1. The first-order chi connectivity index (χ1) is 10.0. The van der Waals surface area contributed by atoms with Crippen LogP contribution in [0.5, 0.6) is 0 Å². The largest absolute Gasteiger partial charge is 1.00 e. The Hall–Kier alpha value is -0.410. The quantitative estimate of drug-likeness (QED) is 0.200. The van der Waals surface area contributed by atoms with E-state index in [0.29, 0.717) is 25.7 Å². The fourth-order valence-corrected chi connectivity index (χ4v) is 2.74. The second-order valence-electron chi connectivity index (χ2n) is 6.28. The van der Waals surface area contributed by atoms with Gasteiger partial charge in [0.2, 0.25) is 5.91 Å². The van der Waals surface area contributed by atoms with Gasteiger partial charge in [-0.15, -0.1) is 0 Å². The predicted octanol–water partition coefficient (Wildman–Crippen LogP) is -2.77. The summed E-state index contributed by atoms with van der Waals surface area (Å²) in [7, 11) is -3.95. The summed E-state index contributed by atoms with van der Waals surface area (Å²) in [5.74, 6) is -2.24. The molecular weight excluding hydrogens is 333 g/mol. The number of allylic oxidation sites excluding steroid dienone is 1. The van der Waals surface area contributed by atoms with E-state index in [2.05, 4.69) is 5.32 Å². The number of carbonyl (C=O) groups is 2. The first-order valence-corrected chi connectivity index (χ1v) is 8.81. The van der Waals surface area contributed by atoms with Crippen LogP contribution in [-0.4, -0.2) is 30.6 Å². The van der Waals surface area contributed by atoms with E-state index in [4.69, 9.17) is 4.55 Å². The number of hydrogen-bond acceptors (Lipinski definition) is 5. The van der Waals surface area contributed by atoms with Gasteiger partial charge in [0.15, 0.2) is 0 Å². The number of carbonyl (C=O) groups excluding carboxylic acids is 2. The maximum Gasteiger partial charge on any atom is 1.00 e. The second kappa shape index (κ2) is 9.17. The minimum Gasteiger partial charge on any atom is -0.543 e. The fraction of sp³-hybridized carbons (Fsp3) is 0.714. The van der Waals surface area contributed by atoms with E-state index in [-0.39, 0.29) is 58.2 Å². The van der Waals surface area contributed by atoms with Crippen molar-refractivity contribution in [1.82, 2.24) is 5.32 Å². The van der Waals surface area contributed by atoms with Crippen LogP contribution in [0.25, 0.3) is 0 Å². The molecule has 7 nitrogen and oxygen atoms in total. The van der Waals surface area contributed by atoms with E-state index in [9.17, 15) is 23.1 Å². The number of aliphatic carboxylic acids is 1. The van der Waals surface area contributed by atoms with Crippen LogP contribution in [0, 0.1) is 11.3 Å². The molecule has 0 aromatic carbocycles. The van der Waals surface area contributed by atoms with Crippen molar-refractivity contribution < 1.29 is 57.2 Å². The molecule has 1 fully saturated rings. The van der Waals surface area contributed by atoms with Crippen LogP contribution < -0.4 is 40.0 Å². The Morgan fingerprint density at radius 1 is 1.30 bits per heavy atom. The molecule has 1 aliphatic rings. The van der Waals surface area contributed by atoms with Gasteiger partial charge >= 0.3 is 29.6 Å². The number of nitrogens with one attached hydrogen (secondary N) is 1. The molecule has 1 aliphatic carbocycles. The molecule has 0 aliphatic heterocycles. The summed E-state index contributed by atoms with van der Waals surface area (Å²) in [6, 6.07) is 0. The molecular formula is C14H22NNaO6S. The summed E-state index contributed by atoms with van der Waals surface area (Å²) in [6.45, 7) is 3.88. The SMILES string of the molecule is CC1(C)CC1C(=O)N/C(=C\CCCCCS(=O)(=O)O)C(=O)[O-].[Na+]. The maximum atomic E-state index is 11.8. The molecule has 0 aromatic rings. The van der Waals surface area contributed by atoms with Gasteiger partial charge in [-0.2, -0.15) is 8.42 Å². The van der Waals surface area contributed by atoms with Crippen LogP contribution in [0.4, 0.5) is 0 Å². The number of unbranched alkanes of at least 4 members (excludes halogenated alkanes) is 3. The molecule has 9 heteroatoms. The number of carboxylic acid groups (broad SMARTS) is 1. The molecule has 0 saturated heterocycles. The van der Waals surface area contributed by atoms with Gasteiger partial charge in [0.05, 0.1) is 17.4 Å². The van der Waals surface area contributed by atoms with Crippen molar-refractivity contribution in [2.45, 2.75) is 46.0 Å². The molecule has 1 amide bonds. The summed E-state index contributed by atoms with van der Waals surface area (Å²) in [5, 5.41) is 13.4. The Labute approximate surface area is 158 Å². The third-order valence-corrected chi connectivity index (χ3v) is 4.57. The van der Waals surface area contributed by atoms with Crippen LogP contribution >= 0.6 is 0 Å². The van der Waals surface area contributed by atoms with E-state index >= 15 is 0 Å². The molecule has 2 N–H and O–H groups in total.